The number of rotatable bonds is 17. The first kappa shape index (κ1) is 41.2. The minimum absolute atomic E-state index is 0.0681. The number of carbonyl (C=O) groups is 5. The Bertz CT molecular complexity index is 1510. The first-order valence-electron chi connectivity index (χ1n) is 20.2. The zero-order chi connectivity index (χ0) is 38.8. The number of nitrogens with one attached hydrogen (secondary N) is 4. The molecule has 1 unspecified atom stereocenters. The van der Waals surface area contributed by atoms with Gasteiger partial charge in [0, 0.05) is 13.1 Å². The average Bonchev–Trinajstić information content (AvgIpc) is 3.95. The fourth-order valence-electron chi connectivity index (χ4n) is 9.60. The Morgan fingerprint density at radius 3 is 2.11 bits per heavy atom. The molecule has 4 aliphatic carbocycles. The molecule has 13 heteroatoms. The van der Waals surface area contributed by atoms with Gasteiger partial charge in [0.25, 0.3) is 5.91 Å². The highest BCUT2D eigenvalue weighted by Gasteiger charge is 2.70. The van der Waals surface area contributed by atoms with Crippen LogP contribution in [-0.2, 0) is 29.0 Å². The summed E-state index contributed by atoms with van der Waals surface area (Å²) in [6, 6.07) is -3.35. The van der Waals surface area contributed by atoms with Crippen molar-refractivity contribution in [3.8, 4) is 0 Å². The standard InChI is InChI=1S/C40H65N5O7S/c1-7-21-41-35(48)32(46)29(23-27-14-15-27)42-34(47)31-30-28(38(30,4)5)24-45(31)36(49)33(39(6)17-10-8-11-18-39)43-37(50)44-40(19-12-9-13-20-40)25-53(51,52)22-16-26(2)3/h7,26-31,33H,1,8-25H2,2-6H3,(H,41,48)(H,42,47)(H2,43,44,50)/t28-,29?,30-,31-,33+/m0/s1. The smallest absolute Gasteiger partial charge is 0.315 e. The molecular weight excluding hydrogens is 695 g/mol. The van der Waals surface area contributed by atoms with Crippen LogP contribution in [-0.4, -0.2) is 91.1 Å². The molecule has 0 aromatic carbocycles. The summed E-state index contributed by atoms with van der Waals surface area (Å²) in [5.41, 5.74) is -1.69. The first-order valence-corrected chi connectivity index (χ1v) is 22.1. The number of sulfone groups is 1. The highest BCUT2D eigenvalue weighted by molar-refractivity contribution is 7.91. The van der Waals surface area contributed by atoms with Crippen LogP contribution < -0.4 is 21.3 Å². The minimum atomic E-state index is -3.45. The van der Waals surface area contributed by atoms with Gasteiger partial charge >= 0.3 is 6.03 Å². The molecule has 0 radical (unpaired) electrons. The molecular formula is C40H65N5O7S. The molecule has 53 heavy (non-hydrogen) atoms. The Balaban J connectivity index is 1.38. The van der Waals surface area contributed by atoms with Crippen LogP contribution in [0.3, 0.4) is 0 Å². The maximum absolute atomic E-state index is 14.9. The number of amides is 5. The second kappa shape index (κ2) is 16.4. The van der Waals surface area contributed by atoms with Gasteiger partial charge in [0.05, 0.1) is 23.1 Å². The van der Waals surface area contributed by atoms with Gasteiger partial charge in [-0.05, 0) is 73.0 Å². The predicted molar refractivity (Wildman–Crippen MR) is 204 cm³/mol. The number of Topliss-reactive ketones (excluding diaryl/α,β-unsaturated/α-hetero) is 1. The number of nitrogens with zero attached hydrogens (tertiary/aromatic N) is 1. The molecule has 0 bridgehead atoms. The maximum atomic E-state index is 14.9. The third kappa shape index (κ3) is 9.84. The van der Waals surface area contributed by atoms with Crippen LogP contribution in [0.5, 0.6) is 0 Å². The summed E-state index contributed by atoms with van der Waals surface area (Å²) in [6.45, 7) is 14.3. The fraction of sp³-hybridized carbons (Fsp3) is 0.825. The SMILES string of the molecule is C=CCNC(=O)C(=O)C(CC1CC1)NC(=O)[C@@H]1[C@@H]2[C@H](CN1C(=O)[C@@H](NC(=O)NC1(CS(=O)(=O)CCC(C)C)CCCCC1)C1(C)CCCCC1)C2(C)C. The monoisotopic (exact) mass is 759 g/mol. The molecule has 5 atom stereocenters. The summed E-state index contributed by atoms with van der Waals surface area (Å²) in [5.74, 6) is -1.88. The second-order valence-electron chi connectivity index (χ2n) is 18.4. The maximum Gasteiger partial charge on any atom is 0.315 e. The van der Waals surface area contributed by atoms with E-state index in [0.29, 0.717) is 32.2 Å². The number of likely N-dealkylation sites (tertiary alicyclic amines) is 1. The van der Waals surface area contributed by atoms with Gasteiger partial charge < -0.3 is 26.2 Å². The van der Waals surface area contributed by atoms with Crippen LogP contribution in [0, 0.1) is 34.5 Å². The van der Waals surface area contributed by atoms with E-state index in [2.05, 4.69) is 41.7 Å². The van der Waals surface area contributed by atoms with Crippen LogP contribution in [0.4, 0.5) is 4.79 Å². The van der Waals surface area contributed by atoms with Gasteiger partial charge in [-0.2, -0.15) is 0 Å². The Kier molecular flexibility index (Phi) is 12.8. The molecule has 1 heterocycles. The number of ketones is 1. The van der Waals surface area contributed by atoms with Crippen molar-refractivity contribution in [3.05, 3.63) is 12.7 Å². The molecule has 5 aliphatic rings. The summed E-state index contributed by atoms with van der Waals surface area (Å²) in [7, 11) is -3.45. The number of hydrogen-bond acceptors (Lipinski definition) is 7. The number of fused-ring (bicyclic) bond motifs is 1. The lowest BCUT2D eigenvalue weighted by Crippen LogP contribution is -2.64. The van der Waals surface area contributed by atoms with Crippen molar-refractivity contribution < 1.29 is 32.4 Å². The lowest BCUT2D eigenvalue weighted by Gasteiger charge is -2.44. The Hall–Kier alpha value is -2.96. The molecule has 1 saturated heterocycles. The van der Waals surface area contributed by atoms with E-state index in [1.807, 2.05) is 20.8 Å². The summed E-state index contributed by atoms with van der Waals surface area (Å²) >= 11 is 0. The molecule has 5 rings (SSSR count). The summed E-state index contributed by atoms with van der Waals surface area (Å²) in [4.78, 5) is 70.9. The molecule has 5 fully saturated rings. The van der Waals surface area contributed by atoms with Crippen molar-refractivity contribution in [2.45, 2.75) is 148 Å². The van der Waals surface area contributed by atoms with Crippen molar-refractivity contribution in [2.75, 3.05) is 24.6 Å². The van der Waals surface area contributed by atoms with E-state index in [0.717, 1.165) is 64.2 Å². The Morgan fingerprint density at radius 2 is 1.53 bits per heavy atom. The van der Waals surface area contributed by atoms with E-state index in [-0.39, 0.29) is 53.0 Å². The van der Waals surface area contributed by atoms with Crippen molar-refractivity contribution in [1.29, 1.82) is 0 Å². The quantitative estimate of drug-likeness (QED) is 0.126. The highest BCUT2D eigenvalue weighted by Crippen LogP contribution is 2.65. The van der Waals surface area contributed by atoms with Gasteiger partial charge in [-0.25, -0.2) is 13.2 Å². The van der Waals surface area contributed by atoms with Crippen molar-refractivity contribution in [1.82, 2.24) is 26.2 Å². The number of urea groups is 1. The van der Waals surface area contributed by atoms with Crippen molar-refractivity contribution in [2.24, 2.45) is 34.5 Å². The Labute approximate surface area is 317 Å². The largest absolute Gasteiger partial charge is 0.346 e. The second-order valence-corrected chi connectivity index (χ2v) is 20.5. The minimum Gasteiger partial charge on any atom is -0.346 e. The average molecular weight is 760 g/mol. The van der Waals surface area contributed by atoms with Crippen molar-refractivity contribution >= 4 is 39.4 Å². The molecule has 1 aliphatic heterocycles. The van der Waals surface area contributed by atoms with Gasteiger partial charge in [-0.15, -0.1) is 6.58 Å². The van der Waals surface area contributed by atoms with Crippen LogP contribution in [0.25, 0.3) is 0 Å². The van der Waals surface area contributed by atoms with Crippen LogP contribution >= 0.6 is 0 Å². The molecule has 0 spiro atoms. The Morgan fingerprint density at radius 1 is 0.906 bits per heavy atom. The third-order valence-corrected chi connectivity index (χ3v) is 15.0. The van der Waals surface area contributed by atoms with E-state index in [4.69, 9.17) is 0 Å². The lowest BCUT2D eigenvalue weighted by atomic mass is 9.70. The first-order chi connectivity index (χ1) is 24.9. The highest BCUT2D eigenvalue weighted by atomic mass is 32.2. The number of hydrogen-bond donors (Lipinski definition) is 4. The van der Waals surface area contributed by atoms with E-state index >= 15 is 0 Å². The molecule has 12 nitrogen and oxygen atoms in total. The lowest BCUT2D eigenvalue weighted by molar-refractivity contribution is -0.146. The van der Waals surface area contributed by atoms with Gasteiger partial charge in [-0.1, -0.05) is 92.1 Å². The predicted octanol–water partition coefficient (Wildman–Crippen LogP) is 4.43. The molecule has 298 valence electrons. The van der Waals surface area contributed by atoms with Gasteiger partial charge in [0.15, 0.2) is 9.84 Å². The normalized spacial score (nSPS) is 26.8. The van der Waals surface area contributed by atoms with E-state index in [1.165, 1.54) is 6.08 Å². The van der Waals surface area contributed by atoms with Gasteiger partial charge in [0.1, 0.15) is 12.1 Å². The number of carbonyl (C=O) groups excluding carboxylic acids is 5. The summed E-state index contributed by atoms with van der Waals surface area (Å²) in [5, 5.41) is 11.6. The van der Waals surface area contributed by atoms with Crippen molar-refractivity contribution in [3.63, 3.8) is 0 Å². The van der Waals surface area contributed by atoms with E-state index in [9.17, 15) is 32.4 Å². The van der Waals surface area contributed by atoms with E-state index in [1.54, 1.807) is 4.90 Å². The molecule has 0 aromatic heterocycles. The third-order valence-electron chi connectivity index (χ3n) is 13.2. The zero-order valence-corrected chi connectivity index (χ0v) is 33.6. The van der Waals surface area contributed by atoms with Crippen LogP contribution in [0.15, 0.2) is 12.7 Å². The molecule has 0 aromatic rings. The number of piperidine rings is 1. The molecule has 5 amide bonds. The summed E-state index contributed by atoms with van der Waals surface area (Å²) < 4.78 is 26.7. The molecule has 4 N–H and O–H groups in total. The molecule has 4 saturated carbocycles. The van der Waals surface area contributed by atoms with Crippen LogP contribution in [0.2, 0.25) is 0 Å². The summed E-state index contributed by atoms with van der Waals surface area (Å²) in [6.07, 6.45) is 12.2. The van der Waals surface area contributed by atoms with Crippen LogP contribution in [0.1, 0.15) is 125 Å². The fourth-order valence-corrected chi connectivity index (χ4v) is 11.8. The van der Waals surface area contributed by atoms with Gasteiger partial charge in [-0.3, -0.25) is 19.2 Å². The topological polar surface area (TPSA) is 171 Å². The van der Waals surface area contributed by atoms with Gasteiger partial charge in [0.2, 0.25) is 17.6 Å². The zero-order valence-electron chi connectivity index (χ0n) is 32.8. The van der Waals surface area contributed by atoms with E-state index < -0.39 is 62.5 Å².